The van der Waals surface area contributed by atoms with E-state index in [0.717, 1.165) is 114 Å². The Bertz CT molecular complexity index is 3930. The van der Waals surface area contributed by atoms with Gasteiger partial charge in [0.1, 0.15) is 5.60 Å². The third-order valence-electron chi connectivity index (χ3n) is 17.3. The summed E-state index contributed by atoms with van der Waals surface area (Å²) in [5.74, 6) is 1.17. The largest absolute Gasteiger partial charge is 0.381 e. The van der Waals surface area contributed by atoms with Crippen LogP contribution in [-0.2, 0) is 24.2 Å². The van der Waals surface area contributed by atoms with Gasteiger partial charge < -0.3 is 45.1 Å². The molecule has 0 saturated carbocycles. The summed E-state index contributed by atoms with van der Waals surface area (Å²) in [6.45, 7) is 14.0. The maximum atomic E-state index is 12.1. The predicted octanol–water partition coefficient (Wildman–Crippen LogP) is 13.8. The van der Waals surface area contributed by atoms with Gasteiger partial charge in [-0.25, -0.2) is 8.42 Å². The lowest BCUT2D eigenvalue weighted by atomic mass is 9.77. The number of aromatic nitrogens is 4. The van der Waals surface area contributed by atoms with Crippen LogP contribution in [0, 0.1) is 5.41 Å². The smallest absolute Gasteiger partial charge is 0.253 e. The Balaban J connectivity index is 0.000000124. The maximum absolute atomic E-state index is 12.1. The standard InChI is InChI=1S/C17H21ClN2O2.C17H22N2O.C16H18ClN3O.C15H12ClNO2S/c1-17(2,22)16(21)20-7-4-11(5-8-20)14-9-12(18)10-15-13(14)3-6-19-15;1-12(20)19-10-8-13(11-17(19,2)3)14-5-4-6-16-15(14)7-9-18-16;17-11-9-13-12(1-5-18-13)14(10-11)20-7-3-16(4-8-20)2-6-19-15(16)21;1-20(18,19)12-4-2-10(3-5-12)14-8-11(16)9-15-13(14)6-7-17-15/h3,6,9-11,19,22H,4-5,7-8H2,1-2H3;4-7,9,13,18H,8,10-11H2,1-3H3;1,5,9-10,18H,2-4,6-8H2,(H,19,21);2-9,17H,1H3. The molecule has 0 radical (unpaired) electrons. The van der Waals surface area contributed by atoms with Crippen LogP contribution in [0.25, 0.3) is 54.7 Å². The minimum absolute atomic E-state index is 0.0623. The van der Waals surface area contributed by atoms with Gasteiger partial charge in [0, 0.05) is 147 Å². The van der Waals surface area contributed by atoms with Crippen molar-refractivity contribution in [3.63, 3.8) is 0 Å². The summed E-state index contributed by atoms with van der Waals surface area (Å²) < 4.78 is 23.0. The van der Waals surface area contributed by atoms with Crippen LogP contribution in [0.1, 0.15) is 103 Å². The summed E-state index contributed by atoms with van der Waals surface area (Å²) in [5, 5.41) is 19.8. The number of aliphatic hydroxyl groups is 1. The highest BCUT2D eigenvalue weighted by atomic mass is 35.5. The molecule has 83 heavy (non-hydrogen) atoms. The number of rotatable bonds is 6. The molecule has 1 unspecified atom stereocenters. The third kappa shape index (κ3) is 13.0. The van der Waals surface area contributed by atoms with Gasteiger partial charge >= 0.3 is 0 Å². The van der Waals surface area contributed by atoms with Gasteiger partial charge in [-0.1, -0.05) is 59.1 Å². The van der Waals surface area contributed by atoms with Crippen LogP contribution in [0.2, 0.25) is 15.1 Å². The van der Waals surface area contributed by atoms with Gasteiger partial charge in [0.25, 0.3) is 5.91 Å². The van der Waals surface area contributed by atoms with E-state index in [1.165, 1.54) is 44.7 Å². The minimum Gasteiger partial charge on any atom is -0.381 e. The van der Waals surface area contributed by atoms with Gasteiger partial charge in [0.15, 0.2) is 9.84 Å². The average molecular weight is 1200 g/mol. The molecule has 13 rings (SSSR count). The summed E-state index contributed by atoms with van der Waals surface area (Å²) in [6.07, 6.45) is 15.6. The Kier molecular flexibility index (Phi) is 17.2. The van der Waals surface area contributed by atoms with Crippen molar-refractivity contribution in [1.82, 2.24) is 35.1 Å². The van der Waals surface area contributed by atoms with Gasteiger partial charge in [-0.15, -0.1) is 0 Å². The predicted molar refractivity (Wildman–Crippen MR) is 337 cm³/mol. The number of nitrogens with zero attached hydrogens (tertiary/aromatic N) is 3. The van der Waals surface area contributed by atoms with E-state index in [2.05, 4.69) is 80.4 Å². The first-order chi connectivity index (χ1) is 39.5. The summed E-state index contributed by atoms with van der Waals surface area (Å²) in [6, 6.07) is 33.3. The van der Waals surface area contributed by atoms with Crippen molar-refractivity contribution >= 4 is 112 Å². The molecule has 4 aliphatic rings. The topological polar surface area (TPSA) is 190 Å². The molecule has 4 aromatic heterocycles. The zero-order valence-electron chi connectivity index (χ0n) is 47.8. The van der Waals surface area contributed by atoms with Crippen LogP contribution >= 0.6 is 34.8 Å². The van der Waals surface area contributed by atoms with Crippen LogP contribution < -0.4 is 10.2 Å². The molecule has 1 atom stereocenters. The first kappa shape index (κ1) is 59.4. The number of benzene rings is 5. The van der Waals surface area contributed by atoms with E-state index >= 15 is 0 Å². The Morgan fingerprint density at radius 1 is 0.639 bits per heavy atom. The number of piperidine rings is 3. The molecule has 9 aromatic rings. The number of sulfone groups is 1. The number of hydrogen-bond acceptors (Lipinski definition) is 7. The number of H-pyrrole nitrogens is 4. The van der Waals surface area contributed by atoms with Crippen molar-refractivity contribution in [2.24, 2.45) is 5.41 Å². The second-order valence-electron chi connectivity index (χ2n) is 23.8. The van der Waals surface area contributed by atoms with E-state index in [-0.39, 0.29) is 28.7 Å². The van der Waals surface area contributed by atoms with Crippen LogP contribution in [0.15, 0.2) is 133 Å². The van der Waals surface area contributed by atoms with E-state index in [0.29, 0.717) is 34.8 Å². The molecule has 8 heterocycles. The Morgan fingerprint density at radius 3 is 1.76 bits per heavy atom. The number of carbonyl (C=O) groups excluding carboxylic acids is 3. The van der Waals surface area contributed by atoms with Crippen molar-refractivity contribution in [3.8, 4) is 11.1 Å². The van der Waals surface area contributed by atoms with Gasteiger partial charge in [0.05, 0.1) is 10.3 Å². The molecule has 1 spiro atoms. The number of amides is 3. The van der Waals surface area contributed by atoms with Crippen LogP contribution in [-0.4, -0.2) is 118 Å². The van der Waals surface area contributed by atoms with E-state index in [1.54, 1.807) is 49.9 Å². The molecule has 0 aliphatic carbocycles. The second-order valence-corrected chi connectivity index (χ2v) is 27.2. The number of nitrogens with one attached hydrogen (secondary N) is 5. The molecule has 0 bridgehead atoms. The highest BCUT2D eigenvalue weighted by Crippen LogP contribution is 2.43. The highest BCUT2D eigenvalue weighted by molar-refractivity contribution is 7.90. The number of hydrogen-bond donors (Lipinski definition) is 6. The van der Waals surface area contributed by atoms with Crippen LogP contribution in [0.5, 0.6) is 0 Å². The molecular formula is C65H73Cl3N8O6S. The SMILES string of the molecule is CC(=O)N1CCC(c2cccc3[nH]ccc23)CC1(C)C.CC(C)(O)C(=O)N1CCC(c2cc(Cl)cc3[nH]ccc23)CC1.CS(=O)(=O)c1ccc(-c2cc(Cl)cc3[nH]ccc23)cc1.O=C1NCCC12CCN(c1cc(Cl)cc3[nH]ccc13)CC2. The number of halogens is 3. The molecule has 3 amide bonds. The van der Waals surface area contributed by atoms with Crippen molar-refractivity contribution < 1.29 is 27.9 Å². The molecule has 14 nitrogen and oxygen atoms in total. The van der Waals surface area contributed by atoms with Gasteiger partial charge in [-0.2, -0.15) is 0 Å². The zero-order valence-corrected chi connectivity index (χ0v) is 50.9. The highest BCUT2D eigenvalue weighted by Gasteiger charge is 2.44. The Morgan fingerprint density at radius 2 is 1.18 bits per heavy atom. The van der Waals surface area contributed by atoms with E-state index < -0.39 is 15.4 Å². The summed E-state index contributed by atoms with van der Waals surface area (Å²) in [7, 11) is -3.17. The first-order valence-electron chi connectivity index (χ1n) is 28.5. The van der Waals surface area contributed by atoms with Gasteiger partial charge in [0.2, 0.25) is 11.8 Å². The van der Waals surface area contributed by atoms with Crippen molar-refractivity contribution in [2.45, 2.75) is 107 Å². The molecule has 5 aromatic carbocycles. The molecule has 4 saturated heterocycles. The fourth-order valence-corrected chi connectivity index (χ4v) is 14.3. The number of likely N-dealkylation sites (tertiary alicyclic amines) is 2. The van der Waals surface area contributed by atoms with Gasteiger partial charge in [-0.3, -0.25) is 14.4 Å². The van der Waals surface area contributed by atoms with Gasteiger partial charge in [-0.05, 0) is 186 Å². The van der Waals surface area contributed by atoms with E-state index in [4.69, 9.17) is 34.8 Å². The number of carbonyl (C=O) groups is 3. The fraction of sp³-hybridized carbons (Fsp3) is 0.369. The van der Waals surface area contributed by atoms with Crippen molar-refractivity contribution in [3.05, 3.63) is 154 Å². The Labute approximate surface area is 500 Å². The summed E-state index contributed by atoms with van der Waals surface area (Å²) in [4.78, 5) is 55.2. The molecule has 436 valence electrons. The number of anilines is 1. The molecule has 6 N–H and O–H groups in total. The van der Waals surface area contributed by atoms with E-state index in [1.807, 2.05) is 72.2 Å². The normalized spacial score (nSPS) is 18.1. The lowest BCUT2D eigenvalue weighted by molar-refractivity contribution is -0.149. The van der Waals surface area contributed by atoms with Crippen molar-refractivity contribution in [2.75, 3.05) is 50.4 Å². The quantitative estimate of drug-likeness (QED) is 0.0954. The molecule has 4 aliphatic heterocycles. The average Bonchev–Trinajstić information content (AvgIpc) is 3.63. The monoisotopic (exact) mass is 1200 g/mol. The number of aromatic amines is 4. The molecular weight excluding hydrogens is 1130 g/mol. The summed E-state index contributed by atoms with van der Waals surface area (Å²) >= 11 is 18.6. The fourth-order valence-electron chi connectivity index (χ4n) is 13.0. The zero-order chi connectivity index (χ0) is 59.0. The molecule has 4 fully saturated rings. The lowest BCUT2D eigenvalue weighted by Gasteiger charge is -2.45. The minimum atomic E-state index is -3.17. The summed E-state index contributed by atoms with van der Waals surface area (Å²) in [5.41, 5.74) is 8.56. The maximum Gasteiger partial charge on any atom is 0.253 e. The number of fused-ring (bicyclic) bond motifs is 4. The Hall–Kier alpha value is -6.75. The van der Waals surface area contributed by atoms with Crippen LogP contribution in [0.4, 0.5) is 5.69 Å². The first-order valence-corrected chi connectivity index (χ1v) is 31.5. The van der Waals surface area contributed by atoms with Crippen molar-refractivity contribution in [1.29, 1.82) is 0 Å². The molecule has 18 heteroatoms. The van der Waals surface area contributed by atoms with E-state index in [9.17, 15) is 27.9 Å². The second kappa shape index (κ2) is 24.1. The third-order valence-corrected chi connectivity index (χ3v) is 19.1. The van der Waals surface area contributed by atoms with Crippen LogP contribution in [0.3, 0.4) is 0 Å². The lowest BCUT2D eigenvalue weighted by Crippen LogP contribution is -2.51.